The summed E-state index contributed by atoms with van der Waals surface area (Å²) in [7, 11) is 1.87. The van der Waals surface area contributed by atoms with Gasteiger partial charge in [-0.05, 0) is 73.8 Å². The summed E-state index contributed by atoms with van der Waals surface area (Å²) in [5, 5.41) is 6.27. The van der Waals surface area contributed by atoms with Crippen molar-refractivity contribution >= 4 is 11.3 Å². The van der Waals surface area contributed by atoms with Gasteiger partial charge in [0.2, 0.25) is 0 Å². The van der Waals surface area contributed by atoms with Gasteiger partial charge in [-0.1, -0.05) is 58.2 Å². The monoisotopic (exact) mass is 488 g/mol. The first-order valence-corrected chi connectivity index (χ1v) is 12.8. The van der Waals surface area contributed by atoms with E-state index in [1.807, 2.05) is 39.4 Å². The number of anilines is 1. The fourth-order valence-electron chi connectivity index (χ4n) is 4.16. The SMILES string of the molecule is C=C/C=C(F)\C(=C/C)NC(=C)C(=C)c1cc(-c2cncc(CN3CCCCC3)c2)ccc1NC.CC. The number of piperidine rings is 1. The molecule has 2 N–H and O–H groups in total. The van der Waals surface area contributed by atoms with E-state index >= 15 is 0 Å². The topological polar surface area (TPSA) is 40.2 Å². The molecule has 3 rings (SSSR count). The summed E-state index contributed by atoms with van der Waals surface area (Å²) in [5.74, 6) is -0.411. The van der Waals surface area contributed by atoms with Crippen LogP contribution in [-0.2, 0) is 6.54 Å². The second-order valence-electron chi connectivity index (χ2n) is 8.46. The highest BCUT2D eigenvalue weighted by atomic mass is 19.1. The lowest BCUT2D eigenvalue weighted by molar-refractivity contribution is 0.220. The Bertz CT molecular complexity index is 1110. The Balaban J connectivity index is 0.00000222. The Morgan fingerprint density at radius 3 is 2.44 bits per heavy atom. The van der Waals surface area contributed by atoms with Crippen LogP contribution in [0.3, 0.4) is 0 Å². The van der Waals surface area contributed by atoms with Crippen molar-refractivity contribution < 1.29 is 4.39 Å². The minimum absolute atomic E-state index is 0.322. The maximum Gasteiger partial charge on any atom is 0.146 e. The molecular weight excluding hydrogens is 447 g/mol. The van der Waals surface area contributed by atoms with Crippen molar-refractivity contribution in [3.8, 4) is 11.1 Å². The molecule has 1 aliphatic rings. The summed E-state index contributed by atoms with van der Waals surface area (Å²) in [4.78, 5) is 7.00. The number of aromatic nitrogens is 1. The van der Waals surface area contributed by atoms with E-state index in [2.05, 4.69) is 58.5 Å². The third kappa shape index (κ3) is 7.79. The molecule has 4 nitrogen and oxygen atoms in total. The lowest BCUT2D eigenvalue weighted by Gasteiger charge is -2.26. The van der Waals surface area contributed by atoms with Crippen LogP contribution in [0.5, 0.6) is 0 Å². The molecule has 0 unspecified atom stereocenters. The molecule has 192 valence electrons. The van der Waals surface area contributed by atoms with Gasteiger partial charge < -0.3 is 10.6 Å². The van der Waals surface area contributed by atoms with Crippen LogP contribution in [-0.4, -0.2) is 30.0 Å². The summed E-state index contributed by atoms with van der Waals surface area (Å²) in [5.41, 5.74) is 6.63. The van der Waals surface area contributed by atoms with E-state index in [9.17, 15) is 4.39 Å². The number of pyridine rings is 1. The van der Waals surface area contributed by atoms with Gasteiger partial charge in [-0.3, -0.25) is 9.88 Å². The highest BCUT2D eigenvalue weighted by molar-refractivity contribution is 5.86. The van der Waals surface area contributed by atoms with E-state index < -0.39 is 5.83 Å². The van der Waals surface area contributed by atoms with Crippen molar-refractivity contribution in [3.63, 3.8) is 0 Å². The van der Waals surface area contributed by atoms with Crippen molar-refractivity contribution in [2.24, 2.45) is 0 Å². The summed E-state index contributed by atoms with van der Waals surface area (Å²) in [6.45, 7) is 20.9. The number of hydrogen-bond donors (Lipinski definition) is 2. The molecule has 0 bridgehead atoms. The summed E-state index contributed by atoms with van der Waals surface area (Å²) in [6, 6.07) is 8.39. The lowest BCUT2D eigenvalue weighted by atomic mass is 9.96. The lowest BCUT2D eigenvalue weighted by Crippen LogP contribution is -2.29. The van der Waals surface area contributed by atoms with Crippen molar-refractivity contribution in [3.05, 3.63) is 103 Å². The van der Waals surface area contributed by atoms with Crippen LogP contribution in [0.1, 0.15) is 51.2 Å². The minimum atomic E-state index is -0.411. The van der Waals surface area contributed by atoms with Crippen molar-refractivity contribution in [2.45, 2.75) is 46.6 Å². The van der Waals surface area contributed by atoms with Gasteiger partial charge in [0.1, 0.15) is 5.83 Å². The van der Waals surface area contributed by atoms with Gasteiger partial charge in [0.25, 0.3) is 0 Å². The van der Waals surface area contributed by atoms with E-state index in [1.165, 1.54) is 37.0 Å². The molecule has 1 aromatic carbocycles. The first-order chi connectivity index (χ1) is 17.5. The highest BCUT2D eigenvalue weighted by Crippen LogP contribution is 2.32. The average Bonchev–Trinajstić information content (AvgIpc) is 2.92. The zero-order valence-electron chi connectivity index (χ0n) is 22.3. The van der Waals surface area contributed by atoms with Gasteiger partial charge in [-0.25, -0.2) is 4.39 Å². The Labute approximate surface area is 217 Å². The molecule has 1 saturated heterocycles. The highest BCUT2D eigenvalue weighted by Gasteiger charge is 2.14. The maximum absolute atomic E-state index is 14.3. The van der Waals surface area contributed by atoms with Crippen LogP contribution < -0.4 is 10.6 Å². The van der Waals surface area contributed by atoms with Gasteiger partial charge in [0.15, 0.2) is 0 Å². The Kier molecular flexibility index (Phi) is 11.9. The number of benzene rings is 1. The second-order valence-corrected chi connectivity index (χ2v) is 8.46. The van der Waals surface area contributed by atoms with E-state index in [4.69, 9.17) is 0 Å². The largest absolute Gasteiger partial charge is 0.388 e. The molecule has 0 aliphatic carbocycles. The molecule has 1 fully saturated rings. The number of hydrogen-bond acceptors (Lipinski definition) is 4. The van der Waals surface area contributed by atoms with Gasteiger partial charge in [0, 0.05) is 48.5 Å². The standard InChI is InChI=1S/C29H35FN4.C2H6/c1-6-11-27(30)28(7-2)33-22(4)21(3)26-17-24(12-13-29(26)31-5)25-16-23(18-32-19-25)20-34-14-9-8-10-15-34;1-2/h6-7,11-13,16-19,31,33H,1,3-4,8-10,14-15,20H2,2,5H3;1-2H3/b27-11+,28-7+;. The van der Waals surface area contributed by atoms with Crippen molar-refractivity contribution in [1.29, 1.82) is 0 Å². The van der Waals surface area contributed by atoms with Crippen LogP contribution >= 0.6 is 0 Å². The Morgan fingerprint density at radius 1 is 1.08 bits per heavy atom. The number of allylic oxidation sites excluding steroid dienone is 5. The molecule has 0 radical (unpaired) electrons. The molecule has 2 heterocycles. The third-order valence-electron chi connectivity index (χ3n) is 6.06. The first-order valence-electron chi connectivity index (χ1n) is 12.8. The molecule has 0 saturated carbocycles. The first kappa shape index (κ1) is 28.8. The summed E-state index contributed by atoms with van der Waals surface area (Å²) in [6.07, 6.45) is 12.1. The molecule has 0 spiro atoms. The summed E-state index contributed by atoms with van der Waals surface area (Å²) >= 11 is 0. The number of halogens is 1. The van der Waals surface area contributed by atoms with Crippen molar-refractivity contribution in [1.82, 2.24) is 15.2 Å². The van der Waals surface area contributed by atoms with Gasteiger partial charge in [0.05, 0.1) is 5.70 Å². The molecule has 2 aromatic rings. The molecule has 0 amide bonds. The molecule has 1 aliphatic heterocycles. The van der Waals surface area contributed by atoms with Crippen LogP contribution in [0.4, 0.5) is 10.1 Å². The number of likely N-dealkylation sites (tertiary alicyclic amines) is 1. The van der Waals surface area contributed by atoms with Crippen LogP contribution in [0.2, 0.25) is 0 Å². The van der Waals surface area contributed by atoms with E-state index in [1.54, 1.807) is 13.0 Å². The summed E-state index contributed by atoms with van der Waals surface area (Å²) < 4.78 is 14.3. The van der Waals surface area contributed by atoms with E-state index in [0.29, 0.717) is 17.0 Å². The fraction of sp³-hybridized carbons (Fsp3) is 0.323. The Morgan fingerprint density at radius 2 is 1.81 bits per heavy atom. The zero-order chi connectivity index (χ0) is 26.5. The molecule has 1 aromatic heterocycles. The van der Waals surface area contributed by atoms with E-state index in [-0.39, 0.29) is 0 Å². The molecular formula is C31H41FN4. The van der Waals surface area contributed by atoms with Gasteiger partial charge in [-0.15, -0.1) is 0 Å². The smallest absolute Gasteiger partial charge is 0.146 e. The maximum atomic E-state index is 14.3. The molecule has 0 atom stereocenters. The average molecular weight is 489 g/mol. The van der Waals surface area contributed by atoms with Gasteiger partial charge >= 0.3 is 0 Å². The third-order valence-corrected chi connectivity index (χ3v) is 6.06. The minimum Gasteiger partial charge on any atom is -0.388 e. The van der Waals surface area contributed by atoms with Crippen LogP contribution in [0, 0.1) is 0 Å². The quantitative estimate of drug-likeness (QED) is 0.334. The Hall–Kier alpha value is -3.44. The van der Waals surface area contributed by atoms with Crippen LogP contribution in [0.15, 0.2) is 91.8 Å². The normalized spacial score (nSPS) is 14.4. The van der Waals surface area contributed by atoms with Crippen molar-refractivity contribution in [2.75, 3.05) is 25.5 Å². The second kappa shape index (κ2) is 14.8. The molecule has 5 heteroatoms. The number of nitrogens with one attached hydrogen (secondary N) is 2. The van der Waals surface area contributed by atoms with Gasteiger partial charge in [-0.2, -0.15) is 0 Å². The zero-order valence-corrected chi connectivity index (χ0v) is 22.3. The van der Waals surface area contributed by atoms with E-state index in [0.717, 1.165) is 42.0 Å². The number of rotatable bonds is 10. The fourth-order valence-corrected chi connectivity index (χ4v) is 4.16. The molecule has 36 heavy (non-hydrogen) atoms. The predicted octanol–water partition coefficient (Wildman–Crippen LogP) is 7.86. The number of nitrogens with zero attached hydrogens (tertiary/aromatic N) is 2. The van der Waals surface area contributed by atoms with Crippen LogP contribution in [0.25, 0.3) is 16.7 Å². The predicted molar refractivity (Wildman–Crippen MR) is 154 cm³/mol.